The first-order valence-corrected chi connectivity index (χ1v) is 18.2. The number of rotatable bonds is 29. The summed E-state index contributed by atoms with van der Waals surface area (Å²) in [6.07, 6.45) is 27.5. The van der Waals surface area contributed by atoms with E-state index in [1.54, 1.807) is 6.08 Å². The van der Waals surface area contributed by atoms with Gasteiger partial charge in [0.15, 0.2) is 0 Å². The Hall–Kier alpha value is -1.02. The zero-order valence-electron chi connectivity index (χ0n) is 27.7. The number of likely N-dealkylation sites (N-methyl/N-ethyl adjacent to an activating group) is 1. The second-order valence-corrected chi connectivity index (χ2v) is 14.0. The lowest BCUT2D eigenvalue weighted by atomic mass is 10.1. The van der Waals surface area contributed by atoms with Crippen molar-refractivity contribution in [1.82, 2.24) is 5.32 Å². The fourth-order valence-corrected chi connectivity index (χ4v) is 5.13. The Morgan fingerprint density at radius 2 is 1.33 bits per heavy atom. The standard InChI is InChI=1S/C33H65N2O6P/c1-6-8-10-11-12-13-14-15-16-17-18-19-20-21-22-23-25-27-33(37)34-31(32(36)26-24-9-7-2)30-41-42(38,39)40-29-28-35(3,4)5/h15-16,24,26,31-32,36H,6-14,17-23,25,27-30H2,1-5H3,(H-,34,37,38,39)/p+1/b16-15-,26-24+. The van der Waals surface area contributed by atoms with Gasteiger partial charge in [-0.3, -0.25) is 13.8 Å². The van der Waals surface area contributed by atoms with Gasteiger partial charge < -0.3 is 19.8 Å². The van der Waals surface area contributed by atoms with Crippen molar-refractivity contribution in [2.75, 3.05) is 40.9 Å². The van der Waals surface area contributed by atoms with Crippen molar-refractivity contribution in [3.63, 3.8) is 0 Å². The maximum absolute atomic E-state index is 12.6. The van der Waals surface area contributed by atoms with Crippen LogP contribution in [0.15, 0.2) is 24.3 Å². The van der Waals surface area contributed by atoms with Crippen LogP contribution in [0.1, 0.15) is 129 Å². The van der Waals surface area contributed by atoms with Gasteiger partial charge in [-0.05, 0) is 38.5 Å². The maximum Gasteiger partial charge on any atom is 0.472 e. The third kappa shape index (κ3) is 27.8. The van der Waals surface area contributed by atoms with Crippen LogP contribution in [0.4, 0.5) is 0 Å². The number of hydrogen-bond donors (Lipinski definition) is 3. The highest BCUT2D eigenvalue weighted by Gasteiger charge is 2.27. The van der Waals surface area contributed by atoms with Gasteiger partial charge in [0.25, 0.3) is 0 Å². The van der Waals surface area contributed by atoms with Crippen molar-refractivity contribution in [1.29, 1.82) is 0 Å². The fourth-order valence-electron chi connectivity index (χ4n) is 4.39. The van der Waals surface area contributed by atoms with E-state index in [4.69, 9.17) is 9.05 Å². The summed E-state index contributed by atoms with van der Waals surface area (Å²) in [5.41, 5.74) is 0. The number of unbranched alkanes of at least 4 members (excludes halogenated alkanes) is 14. The van der Waals surface area contributed by atoms with Crippen LogP contribution in [0, 0.1) is 0 Å². The molecular formula is C33H66N2O6P+. The topological polar surface area (TPSA) is 105 Å². The average molecular weight is 618 g/mol. The molecule has 0 aromatic rings. The smallest absolute Gasteiger partial charge is 0.387 e. The number of phosphoric ester groups is 1. The summed E-state index contributed by atoms with van der Waals surface area (Å²) in [7, 11) is 1.56. The molecule has 42 heavy (non-hydrogen) atoms. The number of aliphatic hydroxyl groups is 1. The molecule has 0 aliphatic rings. The monoisotopic (exact) mass is 617 g/mol. The number of phosphoric acid groups is 1. The second-order valence-electron chi connectivity index (χ2n) is 12.5. The molecule has 0 saturated carbocycles. The summed E-state index contributed by atoms with van der Waals surface area (Å²) >= 11 is 0. The molecule has 0 spiro atoms. The van der Waals surface area contributed by atoms with Crippen molar-refractivity contribution in [3.8, 4) is 0 Å². The molecular weight excluding hydrogens is 551 g/mol. The molecule has 0 heterocycles. The normalized spacial score (nSPS) is 15.3. The number of allylic oxidation sites excluding steroid dienone is 3. The van der Waals surface area contributed by atoms with Gasteiger partial charge in [0, 0.05) is 6.42 Å². The molecule has 3 N–H and O–H groups in total. The molecule has 0 aliphatic carbocycles. The molecule has 0 bridgehead atoms. The average Bonchev–Trinajstić information content (AvgIpc) is 2.92. The Morgan fingerprint density at radius 3 is 1.88 bits per heavy atom. The van der Waals surface area contributed by atoms with E-state index in [9.17, 15) is 19.4 Å². The largest absolute Gasteiger partial charge is 0.472 e. The molecule has 1 amide bonds. The number of quaternary nitrogens is 1. The van der Waals surface area contributed by atoms with E-state index in [2.05, 4.69) is 24.4 Å². The van der Waals surface area contributed by atoms with Crippen LogP contribution < -0.4 is 5.32 Å². The van der Waals surface area contributed by atoms with E-state index >= 15 is 0 Å². The minimum atomic E-state index is -4.30. The van der Waals surface area contributed by atoms with Gasteiger partial charge in [-0.25, -0.2) is 4.57 Å². The molecule has 3 unspecified atom stereocenters. The van der Waals surface area contributed by atoms with Crippen LogP contribution in [0.25, 0.3) is 0 Å². The van der Waals surface area contributed by atoms with Crippen LogP contribution >= 0.6 is 7.82 Å². The number of amides is 1. The molecule has 0 radical (unpaired) electrons. The Bertz CT molecular complexity index is 753. The molecule has 248 valence electrons. The molecule has 0 saturated heterocycles. The van der Waals surface area contributed by atoms with Crippen molar-refractivity contribution in [3.05, 3.63) is 24.3 Å². The lowest BCUT2D eigenvalue weighted by Crippen LogP contribution is -2.45. The first-order chi connectivity index (χ1) is 20.0. The molecule has 8 nitrogen and oxygen atoms in total. The second kappa shape index (κ2) is 26.4. The first kappa shape index (κ1) is 41.0. The van der Waals surface area contributed by atoms with Gasteiger partial charge in [0.1, 0.15) is 13.2 Å². The lowest BCUT2D eigenvalue weighted by molar-refractivity contribution is -0.870. The summed E-state index contributed by atoms with van der Waals surface area (Å²) in [4.78, 5) is 22.6. The van der Waals surface area contributed by atoms with Crippen LogP contribution in [0.2, 0.25) is 0 Å². The van der Waals surface area contributed by atoms with Crippen LogP contribution in [-0.4, -0.2) is 73.4 Å². The van der Waals surface area contributed by atoms with Gasteiger partial charge in [-0.1, -0.05) is 109 Å². The quantitative estimate of drug-likeness (QED) is 0.0342. The third-order valence-electron chi connectivity index (χ3n) is 7.15. The van der Waals surface area contributed by atoms with E-state index in [1.165, 1.54) is 77.0 Å². The molecule has 0 aromatic carbocycles. The van der Waals surface area contributed by atoms with Crippen LogP contribution in [0.5, 0.6) is 0 Å². The molecule has 0 aromatic heterocycles. The highest BCUT2D eigenvalue weighted by Crippen LogP contribution is 2.43. The van der Waals surface area contributed by atoms with E-state index in [0.717, 1.165) is 32.1 Å². The summed E-state index contributed by atoms with van der Waals surface area (Å²) in [6.45, 7) is 4.56. The Balaban J connectivity index is 4.19. The molecule has 0 aliphatic heterocycles. The van der Waals surface area contributed by atoms with Crippen LogP contribution in [0.3, 0.4) is 0 Å². The Morgan fingerprint density at radius 1 is 0.786 bits per heavy atom. The zero-order chi connectivity index (χ0) is 31.5. The summed E-state index contributed by atoms with van der Waals surface area (Å²) in [5.74, 6) is -0.196. The van der Waals surface area contributed by atoms with Gasteiger partial charge >= 0.3 is 7.82 Å². The van der Waals surface area contributed by atoms with E-state index in [0.29, 0.717) is 17.4 Å². The number of nitrogens with one attached hydrogen (secondary N) is 1. The molecule has 9 heteroatoms. The van der Waals surface area contributed by atoms with Crippen molar-refractivity contribution < 1.29 is 32.9 Å². The van der Waals surface area contributed by atoms with E-state index < -0.39 is 20.0 Å². The fraction of sp³-hybridized carbons (Fsp3) is 0.848. The number of carbonyl (C=O) groups excluding carboxylic acids is 1. The highest BCUT2D eigenvalue weighted by molar-refractivity contribution is 7.47. The SMILES string of the molecule is CCC/C=C/C(O)C(COP(=O)(O)OCC[N+](C)(C)C)NC(=O)CCCCCCCCC/C=C\CCCCCCCC. The molecule has 3 atom stereocenters. The minimum absolute atomic E-state index is 0.0591. The predicted octanol–water partition coefficient (Wildman–Crippen LogP) is 7.85. The zero-order valence-corrected chi connectivity index (χ0v) is 28.6. The summed E-state index contributed by atoms with van der Waals surface area (Å²) in [6, 6.07) is -0.840. The van der Waals surface area contributed by atoms with Gasteiger partial charge in [0.05, 0.1) is 39.9 Å². The van der Waals surface area contributed by atoms with Gasteiger partial charge in [-0.15, -0.1) is 0 Å². The lowest BCUT2D eigenvalue weighted by Gasteiger charge is -2.25. The summed E-state index contributed by atoms with van der Waals surface area (Å²) in [5, 5.41) is 13.4. The third-order valence-corrected chi connectivity index (χ3v) is 8.13. The maximum atomic E-state index is 12.6. The van der Waals surface area contributed by atoms with Gasteiger partial charge in [0.2, 0.25) is 5.91 Å². The van der Waals surface area contributed by atoms with E-state index in [-0.39, 0.29) is 19.1 Å². The molecule has 0 fully saturated rings. The number of nitrogens with zero attached hydrogens (tertiary/aromatic N) is 1. The number of hydrogen-bond acceptors (Lipinski definition) is 5. The van der Waals surface area contributed by atoms with Crippen molar-refractivity contribution >= 4 is 13.7 Å². The minimum Gasteiger partial charge on any atom is -0.387 e. The predicted molar refractivity (Wildman–Crippen MR) is 175 cm³/mol. The van der Waals surface area contributed by atoms with E-state index in [1.807, 2.05) is 34.1 Å². The summed E-state index contributed by atoms with van der Waals surface area (Å²) < 4.78 is 23.1. The van der Waals surface area contributed by atoms with Crippen molar-refractivity contribution in [2.24, 2.45) is 0 Å². The highest BCUT2D eigenvalue weighted by atomic mass is 31.2. The number of aliphatic hydroxyl groups excluding tert-OH is 1. The van der Waals surface area contributed by atoms with Crippen molar-refractivity contribution in [2.45, 2.75) is 142 Å². The van der Waals surface area contributed by atoms with Crippen LogP contribution in [-0.2, 0) is 18.4 Å². The first-order valence-electron chi connectivity index (χ1n) is 16.7. The van der Waals surface area contributed by atoms with Gasteiger partial charge in [-0.2, -0.15) is 0 Å². The number of carbonyl (C=O) groups is 1. The molecule has 0 rings (SSSR count). The Labute approximate surface area is 258 Å². The Kier molecular flexibility index (Phi) is 25.7.